The van der Waals surface area contributed by atoms with Gasteiger partial charge in [0.15, 0.2) is 10.2 Å². The largest absolute Gasteiger partial charge is 0.450 e. The van der Waals surface area contributed by atoms with Crippen LogP contribution in [0, 0.1) is 5.82 Å². The third kappa shape index (κ3) is 4.30. The van der Waals surface area contributed by atoms with Crippen molar-refractivity contribution in [2.24, 2.45) is 0 Å². The van der Waals surface area contributed by atoms with Crippen molar-refractivity contribution in [1.29, 1.82) is 0 Å². The minimum absolute atomic E-state index is 0.119. The van der Waals surface area contributed by atoms with Crippen molar-refractivity contribution < 1.29 is 18.4 Å². The molecule has 0 aliphatic carbocycles. The third-order valence-corrected chi connectivity index (χ3v) is 5.55. The molecule has 3 aromatic rings. The van der Waals surface area contributed by atoms with Gasteiger partial charge in [0, 0.05) is 9.92 Å². The zero-order valence-corrected chi connectivity index (χ0v) is 17.5. The van der Waals surface area contributed by atoms with Gasteiger partial charge in [0.2, 0.25) is 0 Å². The Labute approximate surface area is 185 Å². The lowest BCUT2D eigenvalue weighted by Crippen LogP contribution is -2.54. The van der Waals surface area contributed by atoms with E-state index in [-0.39, 0.29) is 16.4 Å². The van der Waals surface area contributed by atoms with Crippen LogP contribution in [-0.2, 0) is 9.59 Å². The SMILES string of the molecule is O=C1NC(=S)N(c2cccc(F)c2)C(=O)C1=Cc1ccc(Sc2ccc(Cl)cc2)o1. The molecule has 9 heteroatoms. The summed E-state index contributed by atoms with van der Waals surface area (Å²) in [6, 6.07) is 16.0. The smallest absolute Gasteiger partial charge is 0.270 e. The molecule has 4 rings (SSSR count). The normalized spacial score (nSPS) is 15.6. The molecule has 1 fully saturated rings. The monoisotopic (exact) mass is 458 g/mol. The summed E-state index contributed by atoms with van der Waals surface area (Å²) < 4.78 is 19.3. The summed E-state index contributed by atoms with van der Waals surface area (Å²) in [5, 5.41) is 3.53. The van der Waals surface area contributed by atoms with Gasteiger partial charge in [-0.25, -0.2) is 4.39 Å². The molecule has 1 saturated heterocycles. The zero-order chi connectivity index (χ0) is 21.3. The number of anilines is 1. The molecule has 0 saturated carbocycles. The number of thiocarbonyl (C=S) groups is 1. The van der Waals surface area contributed by atoms with E-state index in [0.29, 0.717) is 15.9 Å². The Hall–Kier alpha value is -2.94. The van der Waals surface area contributed by atoms with E-state index in [9.17, 15) is 14.0 Å². The van der Waals surface area contributed by atoms with Gasteiger partial charge in [-0.3, -0.25) is 19.8 Å². The molecule has 0 spiro atoms. The van der Waals surface area contributed by atoms with E-state index in [1.165, 1.54) is 36.0 Å². The van der Waals surface area contributed by atoms with Gasteiger partial charge < -0.3 is 4.42 Å². The quantitative estimate of drug-likeness (QED) is 0.336. The molecule has 1 aromatic heterocycles. The van der Waals surface area contributed by atoms with Crippen LogP contribution < -0.4 is 10.2 Å². The number of benzene rings is 2. The highest BCUT2D eigenvalue weighted by Gasteiger charge is 2.34. The number of nitrogens with one attached hydrogen (secondary N) is 1. The van der Waals surface area contributed by atoms with Crippen molar-refractivity contribution in [3.63, 3.8) is 0 Å². The van der Waals surface area contributed by atoms with E-state index < -0.39 is 17.6 Å². The molecular weight excluding hydrogens is 447 g/mol. The van der Waals surface area contributed by atoms with Crippen molar-refractivity contribution in [2.75, 3.05) is 4.90 Å². The van der Waals surface area contributed by atoms with E-state index in [4.69, 9.17) is 28.2 Å². The van der Waals surface area contributed by atoms with E-state index in [0.717, 1.165) is 15.9 Å². The number of carbonyl (C=O) groups is 2. The van der Waals surface area contributed by atoms with Gasteiger partial charge in [0.05, 0.1) is 5.69 Å². The molecule has 1 N–H and O–H groups in total. The second kappa shape index (κ2) is 8.43. The van der Waals surface area contributed by atoms with Gasteiger partial charge in [-0.1, -0.05) is 29.4 Å². The van der Waals surface area contributed by atoms with Gasteiger partial charge in [0.25, 0.3) is 11.8 Å². The first-order valence-corrected chi connectivity index (χ1v) is 10.2. The highest BCUT2D eigenvalue weighted by Crippen LogP contribution is 2.31. The number of rotatable bonds is 4. The third-order valence-electron chi connectivity index (χ3n) is 4.09. The highest BCUT2D eigenvalue weighted by atomic mass is 35.5. The van der Waals surface area contributed by atoms with Crippen molar-refractivity contribution in [1.82, 2.24) is 5.32 Å². The lowest BCUT2D eigenvalue weighted by molar-refractivity contribution is -0.122. The molecule has 5 nitrogen and oxygen atoms in total. The molecule has 150 valence electrons. The van der Waals surface area contributed by atoms with Crippen LogP contribution in [0.1, 0.15) is 5.76 Å². The molecule has 2 aromatic carbocycles. The maximum atomic E-state index is 13.6. The molecule has 30 heavy (non-hydrogen) atoms. The van der Waals surface area contributed by atoms with Gasteiger partial charge in [-0.2, -0.15) is 0 Å². The molecule has 1 aliphatic heterocycles. The van der Waals surface area contributed by atoms with Gasteiger partial charge in [0.1, 0.15) is 17.2 Å². The Morgan fingerprint density at radius 2 is 1.87 bits per heavy atom. The number of halogens is 2. The lowest BCUT2D eigenvalue weighted by atomic mass is 10.1. The maximum absolute atomic E-state index is 13.6. The zero-order valence-electron chi connectivity index (χ0n) is 15.1. The second-order valence-corrected chi connectivity index (χ2v) is 8.05. The number of carbonyl (C=O) groups excluding carboxylic acids is 2. The summed E-state index contributed by atoms with van der Waals surface area (Å²) in [6.07, 6.45) is 1.33. The number of furan rings is 1. The molecule has 2 amide bonds. The summed E-state index contributed by atoms with van der Waals surface area (Å²) in [7, 11) is 0. The van der Waals surface area contributed by atoms with E-state index >= 15 is 0 Å². The molecule has 0 unspecified atom stereocenters. The van der Waals surface area contributed by atoms with E-state index in [1.807, 2.05) is 12.1 Å². The molecule has 2 heterocycles. The van der Waals surface area contributed by atoms with Crippen molar-refractivity contribution >= 4 is 64.3 Å². The van der Waals surface area contributed by atoms with Crippen LogP contribution in [0.4, 0.5) is 10.1 Å². The summed E-state index contributed by atoms with van der Waals surface area (Å²) in [4.78, 5) is 27.3. The fourth-order valence-electron chi connectivity index (χ4n) is 2.74. The van der Waals surface area contributed by atoms with Crippen LogP contribution in [0.15, 0.2) is 80.6 Å². The Bertz CT molecular complexity index is 1190. The summed E-state index contributed by atoms with van der Waals surface area (Å²) in [6.45, 7) is 0. The Balaban J connectivity index is 1.60. The summed E-state index contributed by atoms with van der Waals surface area (Å²) >= 11 is 12.4. The molecule has 0 atom stereocenters. The Morgan fingerprint density at radius 1 is 1.10 bits per heavy atom. The highest BCUT2D eigenvalue weighted by molar-refractivity contribution is 7.99. The van der Waals surface area contributed by atoms with Crippen LogP contribution >= 0.6 is 35.6 Å². The van der Waals surface area contributed by atoms with Crippen LogP contribution in [0.2, 0.25) is 5.02 Å². The summed E-state index contributed by atoms with van der Waals surface area (Å²) in [5.74, 6) is -1.53. The fraction of sp³-hybridized carbons (Fsp3) is 0. The average molecular weight is 459 g/mol. The standard InChI is InChI=1S/C21H12ClFN2O3S2/c22-12-4-7-16(8-5-12)30-18-9-6-15(28-18)11-17-19(26)24-21(29)25(20(17)27)14-3-1-2-13(23)10-14/h1-11H,(H,24,26,29). The Morgan fingerprint density at radius 3 is 2.60 bits per heavy atom. The number of hydrogen-bond donors (Lipinski definition) is 1. The summed E-state index contributed by atoms with van der Waals surface area (Å²) in [5.41, 5.74) is 0.0413. The predicted octanol–water partition coefficient (Wildman–Crippen LogP) is 5.05. The minimum atomic E-state index is -0.669. The molecule has 1 aliphatic rings. The number of hydrogen-bond acceptors (Lipinski definition) is 5. The van der Waals surface area contributed by atoms with E-state index in [2.05, 4.69) is 5.32 Å². The number of nitrogens with zero attached hydrogens (tertiary/aromatic N) is 1. The van der Waals surface area contributed by atoms with Crippen molar-refractivity contribution in [3.8, 4) is 0 Å². The van der Waals surface area contributed by atoms with Gasteiger partial charge in [-0.15, -0.1) is 0 Å². The predicted molar refractivity (Wildman–Crippen MR) is 117 cm³/mol. The lowest BCUT2D eigenvalue weighted by Gasteiger charge is -2.28. The second-order valence-electron chi connectivity index (χ2n) is 6.15. The maximum Gasteiger partial charge on any atom is 0.270 e. The van der Waals surface area contributed by atoms with Gasteiger partial charge in [-0.05, 0) is 72.9 Å². The average Bonchev–Trinajstić information content (AvgIpc) is 3.14. The molecule has 0 radical (unpaired) electrons. The van der Waals surface area contributed by atoms with E-state index in [1.54, 1.807) is 24.3 Å². The minimum Gasteiger partial charge on any atom is -0.450 e. The first kappa shape index (κ1) is 20.3. The van der Waals surface area contributed by atoms with Gasteiger partial charge >= 0.3 is 0 Å². The first-order valence-electron chi connectivity index (χ1n) is 8.61. The first-order chi connectivity index (χ1) is 14.4. The van der Waals surface area contributed by atoms with Crippen molar-refractivity contribution in [2.45, 2.75) is 9.99 Å². The van der Waals surface area contributed by atoms with Crippen LogP contribution in [0.5, 0.6) is 0 Å². The fourth-order valence-corrected chi connectivity index (χ4v) is 3.92. The molecule has 0 bridgehead atoms. The van der Waals surface area contributed by atoms with Crippen LogP contribution in [-0.4, -0.2) is 16.9 Å². The van der Waals surface area contributed by atoms with Crippen LogP contribution in [0.25, 0.3) is 6.08 Å². The molecular formula is C21H12ClFN2O3S2. The topological polar surface area (TPSA) is 62.6 Å². The Kier molecular flexibility index (Phi) is 5.72. The van der Waals surface area contributed by atoms with Crippen molar-refractivity contribution in [3.05, 3.63) is 82.8 Å². The number of amides is 2. The van der Waals surface area contributed by atoms with Crippen LogP contribution in [0.3, 0.4) is 0 Å².